The van der Waals surface area contributed by atoms with Gasteiger partial charge in [-0.3, -0.25) is 4.90 Å². The van der Waals surface area contributed by atoms with Gasteiger partial charge in [0.25, 0.3) is 0 Å². The molecule has 1 saturated heterocycles. The molecule has 0 bridgehead atoms. The smallest absolute Gasteiger partial charge is 0.163 e. The molecule has 5 nitrogen and oxygen atoms in total. The molecule has 0 spiro atoms. The lowest BCUT2D eigenvalue weighted by molar-refractivity contribution is 0.168. The molecule has 110 valence electrons. The van der Waals surface area contributed by atoms with Gasteiger partial charge < -0.3 is 20.1 Å². The van der Waals surface area contributed by atoms with Crippen molar-refractivity contribution in [2.45, 2.75) is 25.9 Å². The van der Waals surface area contributed by atoms with Gasteiger partial charge in [-0.15, -0.1) is 0 Å². The molecule has 0 saturated carbocycles. The van der Waals surface area contributed by atoms with E-state index in [0.717, 1.165) is 36.0 Å². The number of hydrogen-bond donors (Lipinski definition) is 1. The average Bonchev–Trinajstić information content (AvgIpc) is 2.43. The van der Waals surface area contributed by atoms with Crippen LogP contribution in [0.5, 0.6) is 11.5 Å². The van der Waals surface area contributed by atoms with Gasteiger partial charge in [0, 0.05) is 37.3 Å². The molecule has 2 N–H and O–H groups in total. The van der Waals surface area contributed by atoms with Crippen molar-refractivity contribution in [1.29, 1.82) is 0 Å². The summed E-state index contributed by atoms with van der Waals surface area (Å²) in [7, 11) is 2.18. The predicted octanol–water partition coefficient (Wildman–Crippen LogP) is 1.57. The molecular formula is C15H23N3O2. The van der Waals surface area contributed by atoms with Crippen LogP contribution in [0.1, 0.15) is 13.8 Å². The van der Waals surface area contributed by atoms with Crippen LogP contribution in [0.3, 0.4) is 0 Å². The van der Waals surface area contributed by atoms with Crippen molar-refractivity contribution >= 4 is 11.4 Å². The molecule has 1 fully saturated rings. The quantitative estimate of drug-likeness (QED) is 0.790. The van der Waals surface area contributed by atoms with Crippen LogP contribution in [0.15, 0.2) is 12.1 Å². The number of nitrogen functional groups attached to an aromatic ring is 1. The second-order valence-corrected chi connectivity index (χ2v) is 5.82. The van der Waals surface area contributed by atoms with Crippen LogP contribution in [0.4, 0.5) is 11.4 Å². The molecule has 2 heterocycles. The van der Waals surface area contributed by atoms with Crippen molar-refractivity contribution in [1.82, 2.24) is 4.90 Å². The lowest BCUT2D eigenvalue weighted by atomic mass is 10.1. The fourth-order valence-electron chi connectivity index (χ4n) is 2.97. The molecule has 5 heteroatoms. The number of ether oxygens (including phenoxy) is 2. The molecule has 2 aliphatic heterocycles. The Morgan fingerprint density at radius 3 is 2.20 bits per heavy atom. The predicted molar refractivity (Wildman–Crippen MR) is 80.7 cm³/mol. The molecule has 20 heavy (non-hydrogen) atoms. The van der Waals surface area contributed by atoms with Gasteiger partial charge in [-0.1, -0.05) is 0 Å². The number of piperazine rings is 1. The maximum Gasteiger partial charge on any atom is 0.163 e. The van der Waals surface area contributed by atoms with Crippen molar-refractivity contribution in [3.63, 3.8) is 0 Å². The monoisotopic (exact) mass is 277 g/mol. The molecule has 2 unspecified atom stereocenters. The van der Waals surface area contributed by atoms with Crippen LogP contribution in [-0.2, 0) is 0 Å². The van der Waals surface area contributed by atoms with Crippen LogP contribution in [0.2, 0.25) is 0 Å². The Kier molecular flexibility index (Phi) is 3.38. The molecule has 1 aromatic rings. The number of likely N-dealkylation sites (N-methyl/N-ethyl adjacent to an activating group) is 1. The van der Waals surface area contributed by atoms with Gasteiger partial charge in [0.1, 0.15) is 13.2 Å². The minimum atomic E-state index is 0.506. The highest BCUT2D eigenvalue weighted by atomic mass is 16.6. The van der Waals surface area contributed by atoms with Crippen LogP contribution in [0, 0.1) is 0 Å². The summed E-state index contributed by atoms with van der Waals surface area (Å²) in [6.07, 6.45) is 0. The third-order valence-corrected chi connectivity index (χ3v) is 4.39. The summed E-state index contributed by atoms with van der Waals surface area (Å²) in [4.78, 5) is 4.76. The molecule has 0 radical (unpaired) electrons. The highest BCUT2D eigenvalue weighted by Gasteiger charge is 2.28. The molecule has 0 aliphatic carbocycles. The first-order chi connectivity index (χ1) is 9.56. The van der Waals surface area contributed by atoms with E-state index < -0.39 is 0 Å². The first-order valence-electron chi connectivity index (χ1n) is 7.22. The zero-order valence-electron chi connectivity index (χ0n) is 12.4. The average molecular weight is 277 g/mol. The van der Waals surface area contributed by atoms with Crippen molar-refractivity contribution in [3.05, 3.63) is 12.1 Å². The van der Waals surface area contributed by atoms with Gasteiger partial charge in [0.15, 0.2) is 11.5 Å². The van der Waals surface area contributed by atoms with E-state index in [2.05, 4.69) is 30.7 Å². The van der Waals surface area contributed by atoms with E-state index in [1.54, 1.807) is 0 Å². The zero-order valence-corrected chi connectivity index (χ0v) is 12.4. The SMILES string of the molecule is CC1CN(c2cc3c(cc2N)OCCO3)CC(C)N1C. The van der Waals surface area contributed by atoms with Gasteiger partial charge in [0.05, 0.1) is 11.4 Å². The highest BCUT2D eigenvalue weighted by molar-refractivity contribution is 5.73. The second-order valence-electron chi connectivity index (χ2n) is 5.82. The standard InChI is InChI=1S/C15H23N3O2/c1-10-8-18(9-11(2)17(10)3)13-7-15-14(6-12(13)16)19-4-5-20-15/h6-7,10-11H,4-5,8-9,16H2,1-3H3. The molecule has 0 aromatic heterocycles. The lowest BCUT2D eigenvalue weighted by Crippen LogP contribution is -2.55. The van der Waals surface area contributed by atoms with Gasteiger partial charge >= 0.3 is 0 Å². The Hall–Kier alpha value is -1.62. The zero-order chi connectivity index (χ0) is 14.3. The van der Waals surface area contributed by atoms with Crippen LogP contribution in [-0.4, -0.2) is 50.3 Å². The number of nitrogens with zero attached hydrogens (tertiary/aromatic N) is 2. The number of anilines is 2. The van der Waals surface area contributed by atoms with E-state index >= 15 is 0 Å². The van der Waals surface area contributed by atoms with Crippen LogP contribution >= 0.6 is 0 Å². The largest absolute Gasteiger partial charge is 0.486 e. The summed E-state index contributed by atoms with van der Waals surface area (Å²) in [6, 6.07) is 4.92. The Labute approximate surface area is 120 Å². The van der Waals surface area contributed by atoms with Gasteiger partial charge in [0.2, 0.25) is 0 Å². The Bertz CT molecular complexity index is 494. The fraction of sp³-hybridized carbons (Fsp3) is 0.600. The van der Waals surface area contributed by atoms with Crippen LogP contribution in [0.25, 0.3) is 0 Å². The van der Waals surface area contributed by atoms with E-state index in [4.69, 9.17) is 15.2 Å². The number of rotatable bonds is 1. The fourth-order valence-corrected chi connectivity index (χ4v) is 2.97. The summed E-state index contributed by atoms with van der Waals surface area (Å²) < 4.78 is 11.2. The molecule has 3 rings (SSSR count). The first-order valence-corrected chi connectivity index (χ1v) is 7.22. The minimum Gasteiger partial charge on any atom is -0.486 e. The first kappa shape index (κ1) is 13.4. The summed E-state index contributed by atoms with van der Waals surface area (Å²) >= 11 is 0. The van der Waals surface area contributed by atoms with Crippen LogP contribution < -0.4 is 20.1 Å². The maximum absolute atomic E-state index is 6.21. The van der Waals surface area contributed by atoms with Gasteiger partial charge in [-0.25, -0.2) is 0 Å². The number of nitrogens with two attached hydrogens (primary N) is 1. The normalized spacial score (nSPS) is 26.6. The number of benzene rings is 1. The van der Waals surface area contributed by atoms with Crippen molar-refractivity contribution in [2.24, 2.45) is 0 Å². The lowest BCUT2D eigenvalue weighted by Gasteiger charge is -2.44. The van der Waals surface area contributed by atoms with E-state index in [1.807, 2.05) is 12.1 Å². The minimum absolute atomic E-state index is 0.506. The summed E-state index contributed by atoms with van der Waals surface area (Å²) in [5.41, 5.74) is 8.03. The van der Waals surface area contributed by atoms with E-state index in [1.165, 1.54) is 0 Å². The number of fused-ring (bicyclic) bond motifs is 1. The molecule has 0 amide bonds. The van der Waals surface area contributed by atoms with Crippen molar-refractivity contribution in [2.75, 3.05) is 44.0 Å². The molecule has 1 aromatic carbocycles. The second kappa shape index (κ2) is 5.05. The summed E-state index contributed by atoms with van der Waals surface area (Å²) in [6.45, 7) is 7.64. The topological polar surface area (TPSA) is 51.0 Å². The van der Waals surface area contributed by atoms with E-state index in [0.29, 0.717) is 25.3 Å². The summed E-state index contributed by atoms with van der Waals surface area (Å²) in [5.74, 6) is 1.56. The Morgan fingerprint density at radius 2 is 1.60 bits per heavy atom. The van der Waals surface area contributed by atoms with Gasteiger partial charge in [-0.2, -0.15) is 0 Å². The maximum atomic E-state index is 6.21. The molecule has 2 atom stereocenters. The third kappa shape index (κ3) is 2.26. The summed E-state index contributed by atoms with van der Waals surface area (Å²) in [5, 5.41) is 0. The van der Waals surface area contributed by atoms with Gasteiger partial charge in [-0.05, 0) is 20.9 Å². The van der Waals surface area contributed by atoms with E-state index in [-0.39, 0.29) is 0 Å². The third-order valence-electron chi connectivity index (χ3n) is 4.39. The van der Waals surface area contributed by atoms with E-state index in [9.17, 15) is 0 Å². The molecular weight excluding hydrogens is 254 g/mol. The number of hydrogen-bond acceptors (Lipinski definition) is 5. The Morgan fingerprint density at radius 1 is 1.05 bits per heavy atom. The van der Waals surface area contributed by atoms with Crippen molar-refractivity contribution in [3.8, 4) is 11.5 Å². The van der Waals surface area contributed by atoms with Crippen molar-refractivity contribution < 1.29 is 9.47 Å². The highest BCUT2D eigenvalue weighted by Crippen LogP contribution is 2.39. The Balaban J connectivity index is 1.90. The molecule has 2 aliphatic rings.